The van der Waals surface area contributed by atoms with E-state index in [0.29, 0.717) is 12.2 Å². The van der Waals surface area contributed by atoms with Crippen molar-refractivity contribution in [2.24, 2.45) is 0 Å². The smallest absolute Gasteiger partial charge is 0.128 e. The van der Waals surface area contributed by atoms with Gasteiger partial charge in [-0.2, -0.15) is 0 Å². The first-order valence-corrected chi connectivity index (χ1v) is 8.17. The van der Waals surface area contributed by atoms with Gasteiger partial charge in [-0.05, 0) is 61.0 Å². The summed E-state index contributed by atoms with van der Waals surface area (Å²) in [6.07, 6.45) is 3.69. The van der Waals surface area contributed by atoms with E-state index in [4.69, 9.17) is 0 Å². The molecule has 2 nitrogen and oxygen atoms in total. The van der Waals surface area contributed by atoms with Crippen molar-refractivity contribution in [2.75, 3.05) is 4.90 Å². The van der Waals surface area contributed by atoms with Gasteiger partial charge in [0.15, 0.2) is 0 Å². The fourth-order valence-electron chi connectivity index (χ4n) is 3.16. The van der Waals surface area contributed by atoms with Crippen molar-refractivity contribution >= 4 is 11.8 Å². The molecule has 0 radical (unpaired) electrons. The fraction of sp³-hybridized carbons (Fsp3) is 0.0952. The average Bonchev–Trinajstić information content (AvgIpc) is 2.60. The number of nitrogens with zero attached hydrogens (tertiary/aromatic N) is 2. The summed E-state index contributed by atoms with van der Waals surface area (Å²) >= 11 is 0. The third kappa shape index (κ3) is 3.08. The van der Waals surface area contributed by atoms with Crippen LogP contribution in [0.5, 0.6) is 0 Å². The van der Waals surface area contributed by atoms with Crippen molar-refractivity contribution in [1.29, 1.82) is 0 Å². The zero-order valence-corrected chi connectivity index (χ0v) is 14.0. The standard InChI is InChI=1S/C21H15F3N2/c1-13-8-15-6-7-26(19-10-17(23)9-18(24)11-19)12-20(15)21(25-13)14-2-4-16(22)5-3-14/h2-11H,12H2,1H3. The van der Waals surface area contributed by atoms with Crippen LogP contribution in [0.4, 0.5) is 18.9 Å². The van der Waals surface area contributed by atoms with Gasteiger partial charge in [0.1, 0.15) is 17.5 Å². The normalized spacial score (nSPS) is 13.0. The molecule has 0 saturated carbocycles. The zero-order chi connectivity index (χ0) is 18.3. The largest absolute Gasteiger partial charge is 0.343 e. The van der Waals surface area contributed by atoms with Crippen molar-refractivity contribution in [3.05, 3.63) is 89.0 Å². The highest BCUT2D eigenvalue weighted by molar-refractivity contribution is 5.74. The molecule has 0 fully saturated rings. The molecule has 3 aromatic rings. The Hall–Kier alpha value is -3.08. The maximum atomic E-state index is 13.6. The molecule has 1 aliphatic rings. The zero-order valence-electron chi connectivity index (χ0n) is 14.0. The molecular formula is C21H15F3N2. The van der Waals surface area contributed by atoms with Crippen LogP contribution >= 0.6 is 0 Å². The van der Waals surface area contributed by atoms with Gasteiger partial charge in [-0.25, -0.2) is 13.2 Å². The lowest BCUT2D eigenvalue weighted by molar-refractivity contribution is 0.583. The van der Waals surface area contributed by atoms with Crippen molar-refractivity contribution in [3.8, 4) is 11.3 Å². The van der Waals surface area contributed by atoms with Gasteiger partial charge in [-0.1, -0.05) is 0 Å². The number of fused-ring (bicyclic) bond motifs is 1. The molecular weight excluding hydrogens is 337 g/mol. The first kappa shape index (κ1) is 16.4. The first-order valence-electron chi connectivity index (χ1n) is 8.17. The molecule has 26 heavy (non-hydrogen) atoms. The van der Waals surface area contributed by atoms with E-state index < -0.39 is 11.6 Å². The number of aryl methyl sites for hydroxylation is 1. The summed E-state index contributed by atoms with van der Waals surface area (Å²) in [4.78, 5) is 6.38. The van der Waals surface area contributed by atoms with Crippen molar-refractivity contribution in [2.45, 2.75) is 13.5 Å². The molecule has 0 saturated heterocycles. The first-order chi connectivity index (χ1) is 12.5. The second kappa shape index (κ2) is 6.33. The minimum absolute atomic E-state index is 0.313. The molecule has 5 heteroatoms. The van der Waals surface area contributed by atoms with Gasteiger partial charge < -0.3 is 4.90 Å². The monoisotopic (exact) mass is 352 g/mol. The molecule has 1 aromatic heterocycles. The quantitative estimate of drug-likeness (QED) is 0.608. The van der Waals surface area contributed by atoms with E-state index in [-0.39, 0.29) is 5.82 Å². The molecule has 2 heterocycles. The number of hydrogen-bond donors (Lipinski definition) is 0. The van der Waals surface area contributed by atoms with Crippen LogP contribution in [0.25, 0.3) is 17.3 Å². The lowest BCUT2D eigenvalue weighted by Crippen LogP contribution is -2.20. The minimum Gasteiger partial charge on any atom is -0.343 e. The maximum absolute atomic E-state index is 13.6. The molecule has 0 aliphatic carbocycles. The van der Waals surface area contributed by atoms with Crippen molar-refractivity contribution < 1.29 is 13.2 Å². The molecule has 4 rings (SSSR count). The molecule has 0 N–H and O–H groups in total. The number of pyridine rings is 1. The number of aromatic nitrogens is 1. The van der Waals surface area contributed by atoms with Gasteiger partial charge in [-0.15, -0.1) is 0 Å². The van der Waals surface area contributed by atoms with Crippen LogP contribution in [0, 0.1) is 24.4 Å². The van der Waals surface area contributed by atoms with E-state index in [9.17, 15) is 13.2 Å². The molecule has 0 bridgehead atoms. The molecule has 0 amide bonds. The lowest BCUT2D eigenvalue weighted by Gasteiger charge is -2.27. The topological polar surface area (TPSA) is 16.1 Å². The molecule has 1 aliphatic heterocycles. The lowest BCUT2D eigenvalue weighted by atomic mass is 9.97. The highest BCUT2D eigenvalue weighted by atomic mass is 19.1. The summed E-state index contributed by atoms with van der Waals surface area (Å²) in [5, 5.41) is 0. The Balaban J connectivity index is 1.79. The SMILES string of the molecule is Cc1cc2c(c(-c3ccc(F)cc3)n1)CN(c1cc(F)cc(F)c1)C=C2. The molecule has 0 atom stereocenters. The Morgan fingerprint density at radius 1 is 0.885 bits per heavy atom. The third-order valence-corrected chi connectivity index (χ3v) is 4.35. The molecule has 0 unspecified atom stereocenters. The Kier molecular flexibility index (Phi) is 3.99. The predicted octanol–water partition coefficient (Wildman–Crippen LogP) is 5.47. The maximum Gasteiger partial charge on any atom is 0.128 e. The van der Waals surface area contributed by atoms with Gasteiger partial charge >= 0.3 is 0 Å². The van der Waals surface area contributed by atoms with E-state index in [2.05, 4.69) is 4.98 Å². The Morgan fingerprint density at radius 2 is 1.58 bits per heavy atom. The van der Waals surface area contributed by atoms with E-state index in [1.807, 2.05) is 19.1 Å². The summed E-state index contributed by atoms with van der Waals surface area (Å²) < 4.78 is 40.4. The highest BCUT2D eigenvalue weighted by Gasteiger charge is 2.19. The third-order valence-electron chi connectivity index (χ3n) is 4.35. The van der Waals surface area contributed by atoms with Crippen molar-refractivity contribution in [1.82, 2.24) is 4.98 Å². The van der Waals surface area contributed by atoms with Crippen LogP contribution in [0.2, 0.25) is 0 Å². The van der Waals surface area contributed by atoms with Gasteiger partial charge in [-0.3, -0.25) is 4.98 Å². The van der Waals surface area contributed by atoms with Crippen LogP contribution in [0.1, 0.15) is 16.8 Å². The molecule has 0 spiro atoms. The van der Waals surface area contributed by atoms with E-state index in [1.54, 1.807) is 23.2 Å². The van der Waals surface area contributed by atoms with Gasteiger partial charge in [0, 0.05) is 34.8 Å². The van der Waals surface area contributed by atoms with Crippen LogP contribution in [-0.4, -0.2) is 4.98 Å². The van der Waals surface area contributed by atoms with E-state index in [1.165, 1.54) is 24.3 Å². The van der Waals surface area contributed by atoms with Crippen LogP contribution < -0.4 is 4.90 Å². The van der Waals surface area contributed by atoms with Crippen LogP contribution in [-0.2, 0) is 6.54 Å². The predicted molar refractivity (Wildman–Crippen MR) is 95.9 cm³/mol. The van der Waals surface area contributed by atoms with Crippen LogP contribution in [0.3, 0.4) is 0 Å². The Labute approximate surface area is 149 Å². The Morgan fingerprint density at radius 3 is 2.27 bits per heavy atom. The number of hydrogen-bond acceptors (Lipinski definition) is 2. The number of halogens is 3. The minimum atomic E-state index is -0.625. The second-order valence-electron chi connectivity index (χ2n) is 6.26. The van der Waals surface area contributed by atoms with E-state index >= 15 is 0 Å². The van der Waals surface area contributed by atoms with E-state index in [0.717, 1.165) is 34.1 Å². The fourth-order valence-corrected chi connectivity index (χ4v) is 3.16. The summed E-state index contributed by atoms with van der Waals surface area (Å²) in [6.45, 7) is 2.31. The summed E-state index contributed by atoms with van der Waals surface area (Å²) in [7, 11) is 0. The molecule has 2 aromatic carbocycles. The highest BCUT2D eigenvalue weighted by Crippen LogP contribution is 2.32. The van der Waals surface area contributed by atoms with Gasteiger partial charge in [0.2, 0.25) is 0 Å². The summed E-state index contributed by atoms with van der Waals surface area (Å²) in [6, 6.07) is 11.5. The van der Waals surface area contributed by atoms with Gasteiger partial charge in [0.05, 0.1) is 12.2 Å². The summed E-state index contributed by atoms with van der Waals surface area (Å²) in [5.74, 6) is -1.56. The summed E-state index contributed by atoms with van der Waals surface area (Å²) in [5.41, 5.74) is 4.73. The second-order valence-corrected chi connectivity index (χ2v) is 6.26. The number of benzene rings is 2. The number of rotatable bonds is 2. The average molecular weight is 352 g/mol. The molecule has 130 valence electrons. The van der Waals surface area contributed by atoms with Gasteiger partial charge in [0.25, 0.3) is 0 Å². The number of anilines is 1. The van der Waals surface area contributed by atoms with Crippen LogP contribution in [0.15, 0.2) is 54.7 Å². The van der Waals surface area contributed by atoms with Crippen molar-refractivity contribution in [3.63, 3.8) is 0 Å². The Bertz CT molecular complexity index is 990.